The normalized spacial score (nSPS) is 21.7. The van der Waals surface area contributed by atoms with Crippen LogP contribution in [0.4, 0.5) is 0 Å². The highest BCUT2D eigenvalue weighted by molar-refractivity contribution is 8.26. The van der Waals surface area contributed by atoms with Crippen molar-refractivity contribution < 1.29 is 4.79 Å². The van der Waals surface area contributed by atoms with Crippen molar-refractivity contribution in [1.29, 1.82) is 5.41 Å². The largest absolute Gasteiger partial charge is 0.349 e. The third kappa shape index (κ3) is 3.11. The second kappa shape index (κ2) is 6.68. The molecule has 3 aliphatic heterocycles. The first-order chi connectivity index (χ1) is 12.2. The number of aliphatic imine (C=N–C) groups is 1. The van der Waals surface area contributed by atoms with E-state index < -0.39 is 0 Å². The molecule has 25 heavy (non-hydrogen) atoms. The van der Waals surface area contributed by atoms with Crippen LogP contribution in [0.15, 0.2) is 44.8 Å². The van der Waals surface area contributed by atoms with Crippen LogP contribution in [-0.2, 0) is 4.79 Å². The average molecular weight is 371 g/mol. The molecule has 0 bridgehead atoms. The Morgan fingerprint density at radius 3 is 2.60 bits per heavy atom. The molecule has 6 nitrogen and oxygen atoms in total. The van der Waals surface area contributed by atoms with Gasteiger partial charge in [-0.2, -0.15) is 10.0 Å². The lowest BCUT2D eigenvalue weighted by atomic mass is 10.1. The highest BCUT2D eigenvalue weighted by atomic mass is 32.2. The van der Waals surface area contributed by atoms with Crippen LogP contribution < -0.4 is 0 Å². The maximum atomic E-state index is 12.4. The SMILES string of the molecule is CSc1ccc(/C=C2/C(=N)N3N=C(N4CCCC4)SC3=NC2=O)cc1. The zero-order valence-electron chi connectivity index (χ0n) is 13.7. The molecule has 3 aliphatic rings. The molecular formula is C17H17N5OS2. The molecule has 0 unspecified atom stereocenters. The van der Waals surface area contributed by atoms with Crippen LogP contribution in [0.25, 0.3) is 6.08 Å². The van der Waals surface area contributed by atoms with E-state index in [1.165, 1.54) is 16.8 Å². The van der Waals surface area contributed by atoms with Crippen molar-refractivity contribution >= 4 is 51.7 Å². The predicted molar refractivity (Wildman–Crippen MR) is 104 cm³/mol. The molecule has 3 heterocycles. The third-order valence-electron chi connectivity index (χ3n) is 4.25. The Hall–Kier alpha value is -2.06. The fraction of sp³-hybridized carbons (Fsp3) is 0.294. The van der Waals surface area contributed by atoms with Gasteiger partial charge < -0.3 is 4.90 Å². The number of likely N-dealkylation sites (tertiary alicyclic amines) is 1. The van der Waals surface area contributed by atoms with Crippen LogP contribution in [0.1, 0.15) is 18.4 Å². The molecule has 0 aliphatic carbocycles. The Balaban J connectivity index is 1.62. The first-order valence-corrected chi connectivity index (χ1v) is 10.1. The minimum Gasteiger partial charge on any atom is -0.349 e. The van der Waals surface area contributed by atoms with Crippen molar-refractivity contribution in [3.05, 3.63) is 35.4 Å². The van der Waals surface area contributed by atoms with Gasteiger partial charge >= 0.3 is 0 Å². The Kier molecular flexibility index (Phi) is 4.39. The number of rotatable bonds is 2. The number of carbonyl (C=O) groups excluding carboxylic acids is 1. The molecule has 1 aromatic rings. The van der Waals surface area contributed by atoms with Crippen LogP contribution in [-0.4, -0.2) is 51.3 Å². The summed E-state index contributed by atoms with van der Waals surface area (Å²) in [6.07, 6.45) is 6.04. The van der Waals surface area contributed by atoms with Crippen molar-refractivity contribution in [3.8, 4) is 0 Å². The van der Waals surface area contributed by atoms with E-state index in [9.17, 15) is 4.79 Å². The third-order valence-corrected chi connectivity index (χ3v) is 5.96. The first kappa shape index (κ1) is 16.4. The lowest BCUT2D eigenvalue weighted by molar-refractivity contribution is -0.114. The van der Waals surface area contributed by atoms with E-state index in [1.54, 1.807) is 17.8 Å². The summed E-state index contributed by atoms with van der Waals surface area (Å²) < 4.78 is 0. The Bertz CT molecular complexity index is 822. The van der Waals surface area contributed by atoms with Gasteiger partial charge in [0.25, 0.3) is 5.91 Å². The number of nitrogens with one attached hydrogen (secondary N) is 1. The second-order valence-electron chi connectivity index (χ2n) is 5.87. The number of thioether (sulfide) groups is 2. The summed E-state index contributed by atoms with van der Waals surface area (Å²) in [6, 6.07) is 7.88. The monoisotopic (exact) mass is 371 g/mol. The Labute approximate surface area is 154 Å². The zero-order valence-corrected chi connectivity index (χ0v) is 15.4. The number of hydrogen-bond acceptors (Lipinski definition) is 6. The van der Waals surface area contributed by atoms with E-state index >= 15 is 0 Å². The van der Waals surface area contributed by atoms with Crippen LogP contribution in [0.3, 0.4) is 0 Å². The second-order valence-corrected chi connectivity index (χ2v) is 7.68. The zero-order chi connectivity index (χ0) is 17.4. The van der Waals surface area contributed by atoms with E-state index in [2.05, 4.69) is 15.0 Å². The van der Waals surface area contributed by atoms with Gasteiger partial charge in [-0.25, -0.2) is 0 Å². The number of nitrogens with zero attached hydrogens (tertiary/aromatic N) is 4. The highest BCUT2D eigenvalue weighted by Gasteiger charge is 2.37. The Morgan fingerprint density at radius 1 is 1.20 bits per heavy atom. The molecule has 1 amide bonds. The molecule has 1 saturated heterocycles. The fourth-order valence-corrected chi connectivity index (χ4v) is 4.24. The summed E-state index contributed by atoms with van der Waals surface area (Å²) in [6.45, 7) is 1.94. The van der Waals surface area contributed by atoms with Crippen molar-refractivity contribution in [3.63, 3.8) is 0 Å². The van der Waals surface area contributed by atoms with Crippen LogP contribution in [0.5, 0.6) is 0 Å². The van der Waals surface area contributed by atoms with Gasteiger partial charge in [-0.15, -0.1) is 16.9 Å². The van der Waals surface area contributed by atoms with Gasteiger partial charge in [0.05, 0.1) is 5.57 Å². The first-order valence-electron chi connectivity index (χ1n) is 8.05. The van der Waals surface area contributed by atoms with Crippen molar-refractivity contribution in [1.82, 2.24) is 9.91 Å². The lowest BCUT2D eigenvalue weighted by Gasteiger charge is -2.20. The molecular weight excluding hydrogens is 354 g/mol. The molecule has 0 spiro atoms. The number of carbonyl (C=O) groups is 1. The molecule has 0 saturated carbocycles. The minimum absolute atomic E-state index is 0.0886. The molecule has 1 fully saturated rings. The number of benzene rings is 1. The van der Waals surface area contributed by atoms with Gasteiger partial charge in [0.2, 0.25) is 5.17 Å². The van der Waals surface area contributed by atoms with E-state index in [0.29, 0.717) is 5.17 Å². The summed E-state index contributed by atoms with van der Waals surface area (Å²) in [4.78, 5) is 19.9. The average Bonchev–Trinajstić information content (AvgIpc) is 3.28. The summed E-state index contributed by atoms with van der Waals surface area (Å²) >= 11 is 3.04. The van der Waals surface area contributed by atoms with Crippen molar-refractivity contribution in [2.24, 2.45) is 10.1 Å². The van der Waals surface area contributed by atoms with Gasteiger partial charge in [0, 0.05) is 18.0 Å². The van der Waals surface area contributed by atoms with E-state index in [-0.39, 0.29) is 17.3 Å². The summed E-state index contributed by atoms with van der Waals surface area (Å²) in [5.74, 6) is -0.291. The summed E-state index contributed by atoms with van der Waals surface area (Å²) in [7, 11) is 0. The number of amidine groups is 3. The molecule has 4 rings (SSSR count). The summed E-state index contributed by atoms with van der Waals surface area (Å²) in [5, 5.41) is 15.7. The van der Waals surface area contributed by atoms with E-state index in [0.717, 1.165) is 41.6 Å². The van der Waals surface area contributed by atoms with Crippen molar-refractivity contribution in [2.75, 3.05) is 19.3 Å². The minimum atomic E-state index is -0.379. The van der Waals surface area contributed by atoms with Crippen LogP contribution in [0, 0.1) is 5.41 Å². The van der Waals surface area contributed by atoms with Crippen molar-refractivity contribution in [2.45, 2.75) is 17.7 Å². The lowest BCUT2D eigenvalue weighted by Crippen LogP contribution is -2.35. The van der Waals surface area contributed by atoms with Gasteiger partial charge in [0.15, 0.2) is 11.0 Å². The van der Waals surface area contributed by atoms with Gasteiger partial charge in [-0.3, -0.25) is 10.2 Å². The molecule has 1 N–H and O–H groups in total. The van der Waals surface area contributed by atoms with Gasteiger partial charge in [0.1, 0.15) is 0 Å². The molecule has 0 radical (unpaired) electrons. The fourth-order valence-electron chi connectivity index (χ4n) is 2.89. The highest BCUT2D eigenvalue weighted by Crippen LogP contribution is 2.30. The topological polar surface area (TPSA) is 72.1 Å². The van der Waals surface area contributed by atoms with Crippen LogP contribution in [0.2, 0.25) is 0 Å². The molecule has 1 aromatic carbocycles. The number of hydrogen-bond donors (Lipinski definition) is 1. The van der Waals surface area contributed by atoms with E-state index in [4.69, 9.17) is 5.41 Å². The molecule has 0 aromatic heterocycles. The maximum absolute atomic E-state index is 12.4. The quantitative estimate of drug-likeness (QED) is 0.639. The number of fused-ring (bicyclic) bond motifs is 1. The number of hydrazone groups is 1. The Morgan fingerprint density at radius 2 is 1.92 bits per heavy atom. The van der Waals surface area contributed by atoms with Gasteiger partial charge in [-0.1, -0.05) is 12.1 Å². The maximum Gasteiger partial charge on any atom is 0.283 e. The standard InChI is InChI=1S/C17H17N5OS2/c1-24-12-6-4-11(5-7-12)10-13-14(18)22-16(19-15(13)23)25-17(20-22)21-8-2-3-9-21/h4-7,10,18H,2-3,8-9H2,1H3/b13-10-,18-14?. The van der Waals surface area contributed by atoms with Gasteiger partial charge in [-0.05, 0) is 54.6 Å². The summed E-state index contributed by atoms with van der Waals surface area (Å²) in [5.41, 5.74) is 1.15. The molecule has 8 heteroatoms. The smallest absolute Gasteiger partial charge is 0.283 e. The molecule has 128 valence electrons. The van der Waals surface area contributed by atoms with Crippen LogP contribution >= 0.6 is 23.5 Å². The molecule has 0 atom stereocenters. The van der Waals surface area contributed by atoms with E-state index in [1.807, 2.05) is 30.5 Å². The number of amides is 1. The predicted octanol–water partition coefficient (Wildman–Crippen LogP) is 3.08.